The van der Waals surface area contributed by atoms with Gasteiger partial charge < -0.3 is 5.32 Å². The number of halogens is 1. The van der Waals surface area contributed by atoms with Gasteiger partial charge in [0.25, 0.3) is 0 Å². The van der Waals surface area contributed by atoms with Gasteiger partial charge in [-0.25, -0.2) is 4.39 Å². The maximum absolute atomic E-state index is 13.4. The maximum Gasteiger partial charge on any atom is 0.123 e. The minimum absolute atomic E-state index is 0.159. The molecule has 3 rings (SSSR count). The summed E-state index contributed by atoms with van der Waals surface area (Å²) in [4.78, 5) is 1.35. The van der Waals surface area contributed by atoms with Crippen molar-refractivity contribution in [3.05, 3.63) is 65.5 Å². The van der Waals surface area contributed by atoms with Crippen LogP contribution in [0.4, 0.5) is 4.39 Å². The van der Waals surface area contributed by atoms with Crippen LogP contribution in [0.3, 0.4) is 0 Å². The summed E-state index contributed by atoms with van der Waals surface area (Å²) in [5.74, 6) is 1.27. The Morgan fingerprint density at radius 2 is 2.05 bits per heavy atom. The molecule has 19 heavy (non-hydrogen) atoms. The van der Waals surface area contributed by atoms with Crippen molar-refractivity contribution in [2.75, 3.05) is 12.8 Å². The second-order valence-electron chi connectivity index (χ2n) is 4.78. The van der Waals surface area contributed by atoms with Crippen LogP contribution in [0.15, 0.2) is 53.4 Å². The van der Waals surface area contributed by atoms with Crippen LogP contribution < -0.4 is 5.32 Å². The Morgan fingerprint density at radius 1 is 1.21 bits per heavy atom. The standard InChI is InChI=1S/C16H16FNS/c1-18-16(11-5-4-6-12(17)9-11)14-10-19-15-8-3-2-7-13(14)15/h2-9,14,16,18H,10H2,1H3. The Bertz CT molecular complexity index is 584. The molecule has 0 spiro atoms. The number of hydrogen-bond donors (Lipinski definition) is 1. The fourth-order valence-electron chi connectivity index (χ4n) is 2.76. The average molecular weight is 273 g/mol. The fraction of sp³-hybridized carbons (Fsp3) is 0.250. The zero-order valence-electron chi connectivity index (χ0n) is 10.8. The molecule has 2 unspecified atom stereocenters. The molecule has 1 aliphatic rings. The van der Waals surface area contributed by atoms with Gasteiger partial charge in [-0.15, -0.1) is 11.8 Å². The molecule has 2 atom stereocenters. The first kappa shape index (κ1) is 12.7. The lowest BCUT2D eigenvalue weighted by molar-refractivity contribution is 0.510. The summed E-state index contributed by atoms with van der Waals surface area (Å²) in [7, 11) is 1.95. The second kappa shape index (κ2) is 5.35. The Labute approximate surface area is 117 Å². The van der Waals surface area contributed by atoms with Gasteiger partial charge in [0, 0.05) is 22.6 Å². The van der Waals surface area contributed by atoms with Crippen molar-refractivity contribution >= 4 is 11.8 Å². The molecule has 1 nitrogen and oxygen atoms in total. The Kier molecular flexibility index (Phi) is 3.58. The SMILES string of the molecule is CNC(c1cccc(F)c1)C1CSc2ccccc21. The summed E-state index contributed by atoms with van der Waals surface area (Å²) in [5, 5.41) is 3.35. The van der Waals surface area contributed by atoms with E-state index in [1.807, 2.05) is 24.9 Å². The van der Waals surface area contributed by atoms with Gasteiger partial charge in [-0.1, -0.05) is 30.3 Å². The van der Waals surface area contributed by atoms with E-state index in [9.17, 15) is 4.39 Å². The molecule has 0 saturated carbocycles. The molecule has 3 heteroatoms. The van der Waals surface area contributed by atoms with Crippen LogP contribution in [-0.4, -0.2) is 12.8 Å². The zero-order chi connectivity index (χ0) is 13.2. The molecule has 1 heterocycles. The van der Waals surface area contributed by atoms with E-state index >= 15 is 0 Å². The van der Waals surface area contributed by atoms with Crippen LogP contribution in [0.25, 0.3) is 0 Å². The molecule has 0 bridgehead atoms. The molecular formula is C16H16FNS. The largest absolute Gasteiger partial charge is 0.312 e. The van der Waals surface area contributed by atoms with Crippen LogP contribution in [0.1, 0.15) is 23.1 Å². The number of fused-ring (bicyclic) bond motifs is 1. The summed E-state index contributed by atoms with van der Waals surface area (Å²) in [6.07, 6.45) is 0. The van der Waals surface area contributed by atoms with Gasteiger partial charge in [0.15, 0.2) is 0 Å². The van der Waals surface area contributed by atoms with E-state index in [2.05, 4.69) is 29.6 Å². The summed E-state index contributed by atoms with van der Waals surface area (Å²) in [6.45, 7) is 0. The number of likely N-dealkylation sites (N-methyl/N-ethyl adjacent to an activating group) is 1. The number of rotatable bonds is 3. The monoisotopic (exact) mass is 273 g/mol. The van der Waals surface area contributed by atoms with Gasteiger partial charge in [0.2, 0.25) is 0 Å². The quantitative estimate of drug-likeness (QED) is 0.908. The molecule has 98 valence electrons. The molecule has 2 aromatic rings. The highest BCUT2D eigenvalue weighted by Gasteiger charge is 2.30. The molecule has 0 aromatic heterocycles. The van der Waals surface area contributed by atoms with Crippen molar-refractivity contribution < 1.29 is 4.39 Å². The van der Waals surface area contributed by atoms with E-state index in [-0.39, 0.29) is 11.9 Å². The minimum atomic E-state index is -0.170. The third-order valence-corrected chi connectivity index (χ3v) is 4.87. The zero-order valence-corrected chi connectivity index (χ0v) is 11.6. The lowest BCUT2D eigenvalue weighted by Gasteiger charge is -2.24. The summed E-state index contributed by atoms with van der Waals surface area (Å²) in [5.41, 5.74) is 2.39. The molecule has 1 N–H and O–H groups in total. The number of hydrogen-bond acceptors (Lipinski definition) is 2. The van der Waals surface area contributed by atoms with Gasteiger partial charge >= 0.3 is 0 Å². The predicted molar refractivity (Wildman–Crippen MR) is 78.1 cm³/mol. The first-order valence-electron chi connectivity index (χ1n) is 6.44. The number of thioether (sulfide) groups is 1. The summed E-state index contributed by atoms with van der Waals surface area (Å²) in [6, 6.07) is 15.6. The third-order valence-electron chi connectivity index (χ3n) is 3.66. The molecular weight excluding hydrogens is 257 g/mol. The van der Waals surface area contributed by atoms with Crippen molar-refractivity contribution in [2.45, 2.75) is 16.9 Å². The third kappa shape index (κ3) is 2.40. The van der Waals surface area contributed by atoms with Gasteiger partial charge in [0.1, 0.15) is 5.82 Å². The van der Waals surface area contributed by atoms with Crippen molar-refractivity contribution in [1.29, 1.82) is 0 Å². The second-order valence-corrected chi connectivity index (χ2v) is 5.84. The summed E-state index contributed by atoms with van der Waals surface area (Å²) < 4.78 is 13.4. The van der Waals surface area contributed by atoms with Crippen molar-refractivity contribution in [3.8, 4) is 0 Å². The Balaban J connectivity index is 1.96. The van der Waals surface area contributed by atoms with Crippen molar-refractivity contribution in [1.82, 2.24) is 5.32 Å². The predicted octanol–water partition coefficient (Wildman–Crippen LogP) is 3.98. The first-order valence-corrected chi connectivity index (χ1v) is 7.42. The molecule has 0 aliphatic carbocycles. The van der Waals surface area contributed by atoms with E-state index < -0.39 is 0 Å². The lowest BCUT2D eigenvalue weighted by atomic mass is 9.88. The van der Waals surface area contributed by atoms with Crippen LogP contribution >= 0.6 is 11.8 Å². The van der Waals surface area contributed by atoms with E-state index in [1.165, 1.54) is 16.5 Å². The Hall–Kier alpha value is -1.32. The molecule has 1 aliphatic heterocycles. The van der Waals surface area contributed by atoms with E-state index in [0.717, 1.165) is 11.3 Å². The molecule has 0 saturated heterocycles. The van der Waals surface area contributed by atoms with Gasteiger partial charge in [-0.2, -0.15) is 0 Å². The normalized spacial score (nSPS) is 19.2. The smallest absolute Gasteiger partial charge is 0.123 e. The topological polar surface area (TPSA) is 12.0 Å². The minimum Gasteiger partial charge on any atom is -0.312 e. The highest BCUT2D eigenvalue weighted by atomic mass is 32.2. The van der Waals surface area contributed by atoms with Crippen LogP contribution in [0.5, 0.6) is 0 Å². The molecule has 0 amide bonds. The van der Waals surface area contributed by atoms with Gasteiger partial charge in [-0.3, -0.25) is 0 Å². The average Bonchev–Trinajstić information content (AvgIpc) is 2.84. The van der Waals surface area contributed by atoms with Crippen LogP contribution in [-0.2, 0) is 0 Å². The number of nitrogens with one attached hydrogen (secondary N) is 1. The highest BCUT2D eigenvalue weighted by Crippen LogP contribution is 2.45. The molecule has 2 aromatic carbocycles. The fourth-order valence-corrected chi connectivity index (χ4v) is 4.06. The highest BCUT2D eigenvalue weighted by molar-refractivity contribution is 7.99. The van der Waals surface area contributed by atoms with Gasteiger partial charge in [-0.05, 0) is 36.4 Å². The molecule has 0 fully saturated rings. The summed E-state index contributed by atoms with van der Waals surface area (Å²) >= 11 is 1.88. The van der Waals surface area contributed by atoms with Crippen LogP contribution in [0, 0.1) is 5.82 Å². The molecule has 0 radical (unpaired) electrons. The number of benzene rings is 2. The van der Waals surface area contributed by atoms with E-state index in [4.69, 9.17) is 0 Å². The Morgan fingerprint density at radius 3 is 2.84 bits per heavy atom. The van der Waals surface area contributed by atoms with Crippen molar-refractivity contribution in [2.24, 2.45) is 0 Å². The maximum atomic E-state index is 13.4. The van der Waals surface area contributed by atoms with Gasteiger partial charge in [0.05, 0.1) is 0 Å². The lowest BCUT2D eigenvalue weighted by Crippen LogP contribution is -2.24. The van der Waals surface area contributed by atoms with Crippen LogP contribution in [0.2, 0.25) is 0 Å². The van der Waals surface area contributed by atoms with Crippen molar-refractivity contribution in [3.63, 3.8) is 0 Å². The van der Waals surface area contributed by atoms with E-state index in [0.29, 0.717) is 5.92 Å². The first-order chi connectivity index (χ1) is 9.29. The van der Waals surface area contributed by atoms with E-state index in [1.54, 1.807) is 12.1 Å².